The van der Waals surface area contributed by atoms with Gasteiger partial charge in [-0.3, -0.25) is 0 Å². The molecule has 80 valence electrons. The third kappa shape index (κ3) is 2.93. The summed E-state index contributed by atoms with van der Waals surface area (Å²) < 4.78 is 21.8. The first-order chi connectivity index (χ1) is 5.79. The van der Waals surface area contributed by atoms with E-state index in [1.165, 1.54) is 6.92 Å². The van der Waals surface area contributed by atoms with Crippen molar-refractivity contribution in [2.24, 2.45) is 5.92 Å². The molecule has 0 spiro atoms. The van der Waals surface area contributed by atoms with Crippen molar-refractivity contribution in [2.75, 3.05) is 19.0 Å². The summed E-state index contributed by atoms with van der Waals surface area (Å²) in [6, 6.07) is 0. The molecule has 0 rings (SSSR count). The number of aliphatic hydroxyl groups excluding tert-OH is 2. The minimum atomic E-state index is -3.42. The Morgan fingerprint density at radius 3 is 1.85 bits per heavy atom. The maximum Gasteiger partial charge on any atom is 0.160 e. The van der Waals surface area contributed by atoms with Crippen LogP contribution in [0.4, 0.5) is 0 Å². The fourth-order valence-electron chi connectivity index (χ4n) is 0.887. The van der Waals surface area contributed by atoms with Crippen LogP contribution in [0.5, 0.6) is 0 Å². The summed E-state index contributed by atoms with van der Waals surface area (Å²) >= 11 is 0. The van der Waals surface area contributed by atoms with E-state index in [0.717, 1.165) is 0 Å². The molecule has 0 aromatic heterocycles. The average Bonchev–Trinajstić information content (AvgIpc) is 2.00. The Bertz CT molecular complexity index is 239. The van der Waals surface area contributed by atoms with E-state index in [2.05, 4.69) is 0 Å². The number of aliphatic hydroxyl groups is 2. The summed E-state index contributed by atoms with van der Waals surface area (Å²) in [6.45, 7) is 3.83. The lowest BCUT2D eigenvalue weighted by molar-refractivity contribution is 0.176. The van der Waals surface area contributed by atoms with Gasteiger partial charge in [-0.2, -0.15) is 0 Å². The van der Waals surface area contributed by atoms with Crippen LogP contribution < -0.4 is 0 Å². The van der Waals surface area contributed by atoms with Gasteiger partial charge in [-0.15, -0.1) is 0 Å². The molecule has 0 saturated carbocycles. The SMILES string of the molecule is CC(C)CS(=O)(=O)C(C)(CO)CO. The van der Waals surface area contributed by atoms with Crippen LogP contribution in [0.2, 0.25) is 0 Å². The smallest absolute Gasteiger partial charge is 0.160 e. The molecule has 5 heteroatoms. The highest BCUT2D eigenvalue weighted by Gasteiger charge is 2.38. The third-order valence-electron chi connectivity index (χ3n) is 1.97. The van der Waals surface area contributed by atoms with Gasteiger partial charge in [0.25, 0.3) is 0 Å². The van der Waals surface area contributed by atoms with E-state index in [1.807, 2.05) is 0 Å². The predicted octanol–water partition coefficient (Wildman–Crippen LogP) is -0.199. The van der Waals surface area contributed by atoms with E-state index < -0.39 is 27.8 Å². The van der Waals surface area contributed by atoms with E-state index in [9.17, 15) is 8.42 Å². The summed E-state index contributed by atoms with van der Waals surface area (Å²) in [4.78, 5) is 0. The number of hydrogen-bond acceptors (Lipinski definition) is 4. The van der Waals surface area contributed by atoms with Gasteiger partial charge in [0.2, 0.25) is 0 Å². The van der Waals surface area contributed by atoms with Gasteiger partial charge in [0.1, 0.15) is 4.75 Å². The molecular weight excluding hydrogens is 192 g/mol. The molecule has 0 aliphatic heterocycles. The Kier molecular flexibility index (Phi) is 4.35. The molecule has 0 radical (unpaired) electrons. The maximum absolute atomic E-state index is 11.6. The standard InChI is InChI=1S/C8H18O4S/c1-7(2)4-13(11,12)8(3,5-9)6-10/h7,9-10H,4-6H2,1-3H3. The van der Waals surface area contributed by atoms with Crippen LogP contribution in [0.15, 0.2) is 0 Å². The van der Waals surface area contributed by atoms with Crippen LogP contribution in [0, 0.1) is 5.92 Å². The van der Waals surface area contributed by atoms with Crippen LogP contribution >= 0.6 is 0 Å². The van der Waals surface area contributed by atoms with Gasteiger partial charge in [0.15, 0.2) is 9.84 Å². The van der Waals surface area contributed by atoms with Crippen molar-refractivity contribution in [2.45, 2.75) is 25.5 Å². The van der Waals surface area contributed by atoms with Crippen molar-refractivity contribution in [1.82, 2.24) is 0 Å². The first-order valence-corrected chi connectivity index (χ1v) is 5.88. The Balaban J connectivity index is 4.80. The molecule has 4 nitrogen and oxygen atoms in total. The average molecular weight is 210 g/mol. The molecule has 0 aromatic carbocycles. The molecule has 0 amide bonds. The van der Waals surface area contributed by atoms with E-state index in [-0.39, 0.29) is 11.7 Å². The Morgan fingerprint density at radius 2 is 1.62 bits per heavy atom. The summed E-state index contributed by atoms with van der Waals surface area (Å²) in [5.74, 6) is -0.00706. The summed E-state index contributed by atoms with van der Waals surface area (Å²) in [5, 5.41) is 17.8. The molecule has 13 heavy (non-hydrogen) atoms. The Hall–Kier alpha value is -0.130. The molecule has 0 fully saturated rings. The molecule has 0 aliphatic carbocycles. The van der Waals surface area contributed by atoms with Crippen LogP contribution in [0.1, 0.15) is 20.8 Å². The lowest BCUT2D eigenvalue weighted by Crippen LogP contribution is -2.45. The minimum absolute atomic E-state index is 0.00225. The van der Waals surface area contributed by atoms with Crippen molar-refractivity contribution in [3.8, 4) is 0 Å². The zero-order chi connectivity index (χ0) is 10.7. The first-order valence-electron chi connectivity index (χ1n) is 4.23. The highest BCUT2D eigenvalue weighted by Crippen LogP contribution is 2.19. The molecular formula is C8H18O4S. The monoisotopic (exact) mass is 210 g/mol. The lowest BCUT2D eigenvalue weighted by Gasteiger charge is -2.25. The zero-order valence-electron chi connectivity index (χ0n) is 8.32. The van der Waals surface area contributed by atoms with Crippen molar-refractivity contribution in [3.05, 3.63) is 0 Å². The van der Waals surface area contributed by atoms with Crippen LogP contribution in [-0.4, -0.2) is 42.3 Å². The number of hydrogen-bond donors (Lipinski definition) is 2. The molecule has 0 bridgehead atoms. The van der Waals surface area contributed by atoms with Crippen molar-refractivity contribution >= 4 is 9.84 Å². The number of sulfone groups is 1. The van der Waals surface area contributed by atoms with Gasteiger partial charge < -0.3 is 10.2 Å². The topological polar surface area (TPSA) is 74.6 Å². The van der Waals surface area contributed by atoms with E-state index >= 15 is 0 Å². The summed E-state index contributed by atoms with van der Waals surface area (Å²) in [6.07, 6.45) is 0. The minimum Gasteiger partial charge on any atom is -0.395 e. The predicted molar refractivity (Wildman–Crippen MR) is 51.2 cm³/mol. The second-order valence-electron chi connectivity index (χ2n) is 3.94. The maximum atomic E-state index is 11.6. The lowest BCUT2D eigenvalue weighted by atomic mass is 10.2. The molecule has 0 saturated heterocycles. The molecule has 0 unspecified atom stereocenters. The fourth-order valence-corrected chi connectivity index (χ4v) is 2.56. The van der Waals surface area contributed by atoms with Crippen molar-refractivity contribution < 1.29 is 18.6 Å². The molecule has 0 heterocycles. The van der Waals surface area contributed by atoms with Gasteiger partial charge in [0, 0.05) is 0 Å². The van der Waals surface area contributed by atoms with Gasteiger partial charge in [-0.1, -0.05) is 13.8 Å². The van der Waals surface area contributed by atoms with E-state index in [1.54, 1.807) is 13.8 Å². The van der Waals surface area contributed by atoms with Crippen LogP contribution in [0.25, 0.3) is 0 Å². The van der Waals surface area contributed by atoms with Crippen LogP contribution in [0.3, 0.4) is 0 Å². The van der Waals surface area contributed by atoms with E-state index in [4.69, 9.17) is 10.2 Å². The summed E-state index contributed by atoms with van der Waals surface area (Å²) in [7, 11) is -3.42. The second-order valence-corrected chi connectivity index (χ2v) is 6.49. The van der Waals surface area contributed by atoms with Gasteiger partial charge in [-0.25, -0.2) is 8.42 Å². The molecule has 0 atom stereocenters. The zero-order valence-corrected chi connectivity index (χ0v) is 9.13. The number of rotatable bonds is 5. The van der Waals surface area contributed by atoms with Gasteiger partial charge in [-0.05, 0) is 12.8 Å². The van der Waals surface area contributed by atoms with Crippen LogP contribution in [-0.2, 0) is 9.84 Å². The largest absolute Gasteiger partial charge is 0.395 e. The quantitative estimate of drug-likeness (QED) is 0.659. The fraction of sp³-hybridized carbons (Fsp3) is 1.00. The Morgan fingerprint density at radius 1 is 1.23 bits per heavy atom. The van der Waals surface area contributed by atoms with E-state index in [0.29, 0.717) is 0 Å². The molecule has 0 aliphatic rings. The highest BCUT2D eigenvalue weighted by atomic mass is 32.2. The second kappa shape index (κ2) is 4.39. The van der Waals surface area contributed by atoms with Crippen molar-refractivity contribution in [1.29, 1.82) is 0 Å². The first kappa shape index (κ1) is 12.9. The van der Waals surface area contributed by atoms with Gasteiger partial charge in [0.05, 0.1) is 19.0 Å². The van der Waals surface area contributed by atoms with Gasteiger partial charge >= 0.3 is 0 Å². The normalized spacial score (nSPS) is 13.7. The third-order valence-corrected chi connectivity index (χ3v) is 4.84. The highest BCUT2D eigenvalue weighted by molar-refractivity contribution is 7.92. The molecule has 0 aromatic rings. The van der Waals surface area contributed by atoms with Crippen molar-refractivity contribution in [3.63, 3.8) is 0 Å². The molecule has 2 N–H and O–H groups in total. The Labute approximate surface area is 79.5 Å². The summed E-state index contributed by atoms with van der Waals surface area (Å²) in [5.41, 5.74) is 0.